The predicted octanol–water partition coefficient (Wildman–Crippen LogP) is 3.11. The highest BCUT2D eigenvalue weighted by molar-refractivity contribution is 7.91. The lowest BCUT2D eigenvalue weighted by atomic mass is 10.1. The number of sulfone groups is 1. The molecule has 1 aliphatic rings. The second-order valence-corrected chi connectivity index (χ2v) is 10.4. The Bertz CT molecular complexity index is 1320. The fourth-order valence-electron chi connectivity index (χ4n) is 3.36. The lowest BCUT2D eigenvalue weighted by Gasteiger charge is -2.15. The maximum atomic E-state index is 14.5. The number of carboxylic acid groups (broad SMARTS) is 1. The third-order valence-electron chi connectivity index (χ3n) is 5.11. The van der Waals surface area contributed by atoms with Gasteiger partial charge in [0.1, 0.15) is 17.5 Å². The molecule has 2 aromatic rings. The Kier molecular flexibility index (Phi) is 9.57. The number of rotatable bonds is 11. The van der Waals surface area contributed by atoms with E-state index in [1.807, 2.05) is 0 Å². The van der Waals surface area contributed by atoms with Crippen molar-refractivity contribution in [1.82, 2.24) is 15.5 Å². The molecule has 3 rings (SSSR count). The summed E-state index contributed by atoms with van der Waals surface area (Å²) in [4.78, 5) is 28.4. The number of hydrogen-bond acceptors (Lipinski definition) is 7. The Balaban J connectivity index is 1.42. The maximum absolute atomic E-state index is 14.5. The second kappa shape index (κ2) is 12.4. The molecule has 9 nitrogen and oxygen atoms in total. The molecule has 0 atom stereocenters. The molecular weight excluding hydrogens is 534 g/mol. The average Bonchev–Trinajstić information content (AvgIpc) is 3.32. The van der Waals surface area contributed by atoms with Crippen molar-refractivity contribution in [3.63, 3.8) is 0 Å². The summed E-state index contributed by atoms with van der Waals surface area (Å²) in [5, 5.41) is 14.8. The van der Waals surface area contributed by atoms with Crippen molar-refractivity contribution < 1.29 is 27.5 Å². The van der Waals surface area contributed by atoms with Gasteiger partial charge in [0.2, 0.25) is 0 Å². The molecule has 1 amide bonds. The lowest BCUT2D eigenvalue weighted by Crippen LogP contribution is -2.33. The van der Waals surface area contributed by atoms with Crippen LogP contribution in [0.4, 0.5) is 9.18 Å². The Labute approximate surface area is 217 Å². The van der Waals surface area contributed by atoms with Gasteiger partial charge in [0.25, 0.3) is 0 Å². The van der Waals surface area contributed by atoms with Crippen LogP contribution in [-0.4, -0.2) is 68.2 Å². The minimum absolute atomic E-state index is 0.0432. The van der Waals surface area contributed by atoms with Crippen LogP contribution in [0.25, 0.3) is 0 Å². The molecule has 0 spiro atoms. The monoisotopic (exact) mass is 556 g/mol. The first-order valence-electron chi connectivity index (χ1n) is 10.7. The molecule has 0 radical (unpaired) electrons. The summed E-state index contributed by atoms with van der Waals surface area (Å²) in [6.07, 6.45) is 1.62. The van der Waals surface area contributed by atoms with Crippen LogP contribution in [0.2, 0.25) is 10.0 Å². The Hall–Kier alpha value is -2.83. The van der Waals surface area contributed by atoms with Crippen molar-refractivity contribution in [2.45, 2.75) is 11.4 Å². The SMILES string of the molecule is O=C(/C=C/CNCS(=O)(=O)c1cccc(Cl)c1Cl)CNCc1ccc(C2=NCCN2C(=O)O)cc1F. The number of hydrogen-bond donors (Lipinski definition) is 3. The number of aliphatic imine (C=N–C) groups is 1. The molecule has 13 heteroatoms. The summed E-state index contributed by atoms with van der Waals surface area (Å²) in [7, 11) is -3.71. The molecule has 0 fully saturated rings. The molecular formula is C23H23Cl2FN4O5S. The summed E-state index contributed by atoms with van der Waals surface area (Å²) in [5.74, 6) is -1.02. The Morgan fingerprint density at radius 2 is 1.97 bits per heavy atom. The van der Waals surface area contributed by atoms with Crippen molar-refractivity contribution in [3.8, 4) is 0 Å². The zero-order valence-corrected chi connectivity index (χ0v) is 21.2. The summed E-state index contributed by atoms with van der Waals surface area (Å²) in [6, 6.07) is 8.65. The van der Waals surface area contributed by atoms with E-state index in [4.69, 9.17) is 23.2 Å². The van der Waals surface area contributed by atoms with Crippen LogP contribution in [0.15, 0.2) is 58.4 Å². The van der Waals surface area contributed by atoms with Crippen LogP contribution in [0.1, 0.15) is 11.1 Å². The minimum atomic E-state index is -3.71. The number of nitrogens with zero attached hydrogens (tertiary/aromatic N) is 2. The molecule has 0 saturated heterocycles. The summed E-state index contributed by atoms with van der Waals surface area (Å²) >= 11 is 11.8. The van der Waals surface area contributed by atoms with Gasteiger partial charge in [-0.15, -0.1) is 0 Å². The number of amidine groups is 1. The molecule has 0 saturated carbocycles. The molecule has 3 N–H and O–H groups in total. The van der Waals surface area contributed by atoms with E-state index in [1.165, 1.54) is 42.5 Å². The van der Waals surface area contributed by atoms with E-state index in [1.54, 1.807) is 6.07 Å². The predicted molar refractivity (Wildman–Crippen MR) is 135 cm³/mol. The van der Waals surface area contributed by atoms with E-state index in [0.29, 0.717) is 17.7 Å². The first-order valence-corrected chi connectivity index (χ1v) is 13.1. The molecule has 0 unspecified atom stereocenters. The van der Waals surface area contributed by atoms with Crippen molar-refractivity contribution in [3.05, 3.63) is 75.5 Å². The topological polar surface area (TPSA) is 128 Å². The summed E-state index contributed by atoms with van der Waals surface area (Å²) in [5.41, 5.74) is 0.671. The van der Waals surface area contributed by atoms with Crippen LogP contribution < -0.4 is 10.6 Å². The highest BCUT2D eigenvalue weighted by Crippen LogP contribution is 2.29. The van der Waals surface area contributed by atoms with E-state index < -0.39 is 27.6 Å². The van der Waals surface area contributed by atoms with Gasteiger partial charge in [0.15, 0.2) is 15.6 Å². The molecule has 0 aromatic heterocycles. The van der Waals surface area contributed by atoms with Crippen molar-refractivity contribution in [2.75, 3.05) is 32.1 Å². The number of carbonyl (C=O) groups excluding carboxylic acids is 1. The van der Waals surface area contributed by atoms with Gasteiger partial charge in [-0.05, 0) is 24.3 Å². The fraction of sp³-hybridized carbons (Fsp3) is 0.261. The van der Waals surface area contributed by atoms with Crippen molar-refractivity contribution in [2.24, 2.45) is 4.99 Å². The molecule has 0 bridgehead atoms. The van der Waals surface area contributed by atoms with E-state index in [0.717, 1.165) is 4.90 Å². The second-order valence-electron chi connectivity index (χ2n) is 7.68. The van der Waals surface area contributed by atoms with Crippen molar-refractivity contribution >= 4 is 50.8 Å². The highest BCUT2D eigenvalue weighted by atomic mass is 35.5. The first-order chi connectivity index (χ1) is 17.1. The first kappa shape index (κ1) is 27.8. The van der Waals surface area contributed by atoms with Crippen molar-refractivity contribution in [1.29, 1.82) is 0 Å². The lowest BCUT2D eigenvalue weighted by molar-refractivity contribution is -0.113. The van der Waals surface area contributed by atoms with Gasteiger partial charge in [-0.3, -0.25) is 20.0 Å². The molecule has 192 valence electrons. The number of halogens is 3. The fourth-order valence-corrected chi connectivity index (χ4v) is 5.28. The van der Waals surface area contributed by atoms with Gasteiger partial charge in [-0.2, -0.15) is 0 Å². The largest absolute Gasteiger partial charge is 0.465 e. The highest BCUT2D eigenvalue weighted by Gasteiger charge is 2.25. The number of ketones is 1. The van der Waals surface area contributed by atoms with E-state index in [-0.39, 0.29) is 52.7 Å². The molecule has 1 aliphatic heterocycles. The molecule has 2 aromatic carbocycles. The smallest absolute Gasteiger partial charge is 0.413 e. The van der Waals surface area contributed by atoms with Crippen LogP contribution in [-0.2, 0) is 21.2 Å². The van der Waals surface area contributed by atoms with Gasteiger partial charge >= 0.3 is 6.09 Å². The third kappa shape index (κ3) is 7.11. The zero-order valence-electron chi connectivity index (χ0n) is 18.9. The molecule has 1 heterocycles. The molecule has 0 aliphatic carbocycles. The van der Waals surface area contributed by atoms with Gasteiger partial charge in [-0.1, -0.05) is 47.5 Å². The normalized spacial score (nSPS) is 13.9. The van der Waals surface area contributed by atoms with E-state index in [2.05, 4.69) is 15.6 Å². The number of amides is 1. The zero-order chi connectivity index (χ0) is 26.3. The Morgan fingerprint density at radius 1 is 1.19 bits per heavy atom. The standard InChI is InChI=1S/C23H23Cl2FN4O5S/c24-18-4-1-5-20(21(18)25)36(34,35)14-27-8-2-3-17(31)13-28-12-16-7-6-15(11-19(16)26)22-29-9-10-30(22)23(32)33/h1-7,11,27-28H,8-10,12-14H2,(H,32,33)/b3-2+. The van der Waals surface area contributed by atoms with Gasteiger partial charge < -0.3 is 10.4 Å². The van der Waals surface area contributed by atoms with Gasteiger partial charge in [-0.25, -0.2) is 17.6 Å². The Morgan fingerprint density at radius 3 is 2.69 bits per heavy atom. The quantitative estimate of drug-likeness (QED) is 0.286. The van der Waals surface area contributed by atoms with E-state index in [9.17, 15) is 27.5 Å². The van der Waals surface area contributed by atoms with Crippen LogP contribution in [0.5, 0.6) is 0 Å². The number of benzene rings is 2. The van der Waals surface area contributed by atoms with Crippen LogP contribution in [0.3, 0.4) is 0 Å². The summed E-state index contributed by atoms with van der Waals surface area (Å²) in [6.45, 7) is 0.693. The minimum Gasteiger partial charge on any atom is -0.465 e. The van der Waals surface area contributed by atoms with Crippen LogP contribution in [0, 0.1) is 5.82 Å². The van der Waals surface area contributed by atoms with E-state index >= 15 is 0 Å². The maximum Gasteiger partial charge on any atom is 0.413 e. The third-order valence-corrected chi connectivity index (χ3v) is 7.63. The number of carbonyl (C=O) groups is 2. The van der Waals surface area contributed by atoms with Crippen LogP contribution >= 0.6 is 23.2 Å². The van der Waals surface area contributed by atoms with Gasteiger partial charge in [0, 0.05) is 24.2 Å². The average molecular weight is 557 g/mol. The summed E-state index contributed by atoms with van der Waals surface area (Å²) < 4.78 is 39.2. The van der Waals surface area contributed by atoms with Gasteiger partial charge in [0.05, 0.1) is 34.6 Å². The molecule has 36 heavy (non-hydrogen) atoms. The number of nitrogens with one attached hydrogen (secondary N) is 2.